The van der Waals surface area contributed by atoms with Crippen LogP contribution in [0.15, 0.2) is 52.0 Å². The van der Waals surface area contributed by atoms with Gasteiger partial charge in [0.1, 0.15) is 6.04 Å². The van der Waals surface area contributed by atoms with Crippen molar-refractivity contribution in [1.82, 2.24) is 14.1 Å². The van der Waals surface area contributed by atoms with E-state index in [2.05, 4.69) is 10.2 Å². The van der Waals surface area contributed by atoms with E-state index in [4.69, 9.17) is 4.42 Å². The summed E-state index contributed by atoms with van der Waals surface area (Å²) in [5, 5.41) is 2.80. The Morgan fingerprint density at radius 3 is 2.39 bits per heavy atom. The van der Waals surface area contributed by atoms with E-state index in [0.717, 1.165) is 6.42 Å². The van der Waals surface area contributed by atoms with Gasteiger partial charge in [0, 0.05) is 38.4 Å². The highest BCUT2D eigenvalue weighted by Gasteiger charge is 2.35. The van der Waals surface area contributed by atoms with E-state index in [1.807, 2.05) is 7.05 Å². The van der Waals surface area contributed by atoms with Crippen molar-refractivity contribution < 1.29 is 22.4 Å². The van der Waals surface area contributed by atoms with Crippen molar-refractivity contribution in [2.75, 3.05) is 45.1 Å². The molecule has 0 aliphatic carbocycles. The van der Waals surface area contributed by atoms with Crippen LogP contribution < -0.4 is 5.32 Å². The minimum atomic E-state index is -3.56. The Balaban J connectivity index is 1.41. The van der Waals surface area contributed by atoms with E-state index in [9.17, 15) is 18.0 Å². The van der Waals surface area contributed by atoms with E-state index in [1.165, 1.54) is 27.6 Å². The summed E-state index contributed by atoms with van der Waals surface area (Å²) in [5.74, 6) is -0.401. The van der Waals surface area contributed by atoms with Crippen molar-refractivity contribution in [1.29, 1.82) is 0 Å². The Morgan fingerprint density at radius 1 is 1.03 bits per heavy atom. The predicted molar refractivity (Wildman–Crippen MR) is 114 cm³/mol. The SMILES string of the molecule is CN1CCN(S(=O)(=O)c2ccc(NC(=O)C3CCCN3C(=O)c3ccco3)cc2)CC1. The van der Waals surface area contributed by atoms with Crippen LogP contribution in [0.1, 0.15) is 23.4 Å². The molecule has 31 heavy (non-hydrogen) atoms. The molecular formula is C21H26N4O5S. The normalized spacial score (nSPS) is 20.7. The number of anilines is 1. The first kappa shape index (κ1) is 21.5. The van der Waals surface area contributed by atoms with Gasteiger partial charge in [0.2, 0.25) is 15.9 Å². The second-order valence-electron chi connectivity index (χ2n) is 7.85. The lowest BCUT2D eigenvalue weighted by Crippen LogP contribution is -2.47. The molecule has 3 heterocycles. The fourth-order valence-corrected chi connectivity index (χ4v) is 5.36. The quantitative estimate of drug-likeness (QED) is 0.746. The summed E-state index contributed by atoms with van der Waals surface area (Å²) in [6.45, 7) is 2.79. The van der Waals surface area contributed by atoms with Crippen LogP contribution >= 0.6 is 0 Å². The number of benzene rings is 1. The number of furan rings is 1. The molecule has 2 fully saturated rings. The minimum absolute atomic E-state index is 0.200. The summed E-state index contributed by atoms with van der Waals surface area (Å²) in [6.07, 6.45) is 2.72. The van der Waals surface area contributed by atoms with Gasteiger partial charge in [0.25, 0.3) is 5.91 Å². The first-order valence-electron chi connectivity index (χ1n) is 10.3. The molecule has 0 radical (unpaired) electrons. The molecule has 9 nitrogen and oxygen atoms in total. The Morgan fingerprint density at radius 2 is 1.74 bits per heavy atom. The van der Waals surface area contributed by atoms with Crippen molar-refractivity contribution in [3.8, 4) is 0 Å². The van der Waals surface area contributed by atoms with E-state index in [-0.39, 0.29) is 22.5 Å². The fraction of sp³-hybridized carbons (Fsp3) is 0.429. The van der Waals surface area contributed by atoms with Gasteiger partial charge < -0.3 is 19.5 Å². The lowest BCUT2D eigenvalue weighted by Gasteiger charge is -2.31. The van der Waals surface area contributed by atoms with Crippen molar-refractivity contribution in [2.24, 2.45) is 0 Å². The topological polar surface area (TPSA) is 103 Å². The van der Waals surface area contributed by atoms with Crippen LogP contribution in [0.4, 0.5) is 5.69 Å². The molecule has 1 unspecified atom stereocenters. The smallest absolute Gasteiger partial charge is 0.290 e. The Kier molecular flexibility index (Phi) is 6.12. The summed E-state index contributed by atoms with van der Waals surface area (Å²) in [6, 6.07) is 8.79. The molecule has 2 aliphatic heterocycles. The highest BCUT2D eigenvalue weighted by atomic mass is 32.2. The number of nitrogens with one attached hydrogen (secondary N) is 1. The Bertz CT molecular complexity index is 1030. The van der Waals surface area contributed by atoms with Gasteiger partial charge in [-0.3, -0.25) is 9.59 Å². The third-order valence-electron chi connectivity index (χ3n) is 5.77. The molecule has 166 valence electrons. The number of hydrogen-bond donors (Lipinski definition) is 1. The Labute approximate surface area is 181 Å². The number of rotatable bonds is 5. The van der Waals surface area contributed by atoms with Crippen molar-refractivity contribution in [3.05, 3.63) is 48.4 Å². The summed E-state index contributed by atoms with van der Waals surface area (Å²) < 4.78 is 32.3. The zero-order valence-electron chi connectivity index (χ0n) is 17.4. The maximum atomic E-state index is 12.8. The van der Waals surface area contributed by atoms with Crippen LogP contribution in [0, 0.1) is 0 Å². The second kappa shape index (κ2) is 8.81. The lowest BCUT2D eigenvalue weighted by atomic mass is 10.2. The molecule has 2 amide bonds. The maximum Gasteiger partial charge on any atom is 0.290 e. The van der Waals surface area contributed by atoms with Crippen LogP contribution in [0.3, 0.4) is 0 Å². The molecule has 1 aromatic carbocycles. The molecule has 1 N–H and O–H groups in total. The summed E-state index contributed by atoms with van der Waals surface area (Å²) in [5.41, 5.74) is 0.486. The first-order valence-corrected chi connectivity index (χ1v) is 11.7. The van der Waals surface area contributed by atoms with Gasteiger partial charge in [-0.25, -0.2) is 8.42 Å². The number of likely N-dealkylation sites (N-methyl/N-ethyl adjacent to an activating group) is 1. The van der Waals surface area contributed by atoms with E-state index >= 15 is 0 Å². The zero-order chi connectivity index (χ0) is 22.0. The van der Waals surface area contributed by atoms with E-state index in [1.54, 1.807) is 24.3 Å². The number of carbonyl (C=O) groups excluding carboxylic acids is 2. The van der Waals surface area contributed by atoms with Crippen molar-refractivity contribution in [2.45, 2.75) is 23.8 Å². The number of amides is 2. The largest absolute Gasteiger partial charge is 0.459 e. The molecule has 1 atom stereocenters. The van der Waals surface area contributed by atoms with Gasteiger partial charge in [-0.15, -0.1) is 0 Å². The van der Waals surface area contributed by atoms with E-state index in [0.29, 0.717) is 44.8 Å². The van der Waals surface area contributed by atoms with Crippen LogP contribution in [0.5, 0.6) is 0 Å². The second-order valence-corrected chi connectivity index (χ2v) is 9.79. The van der Waals surface area contributed by atoms with Crippen LogP contribution in [-0.4, -0.2) is 80.2 Å². The summed E-state index contributed by atoms with van der Waals surface area (Å²) in [7, 11) is -1.59. The molecular weight excluding hydrogens is 420 g/mol. The standard InChI is InChI=1S/C21H26N4O5S/c1-23-11-13-24(14-12-23)31(28,29)17-8-6-16(7-9-17)22-20(26)18-4-2-10-25(18)21(27)19-5-3-15-30-19/h3,5-9,15,18H,2,4,10-14H2,1H3,(H,22,26). The van der Waals surface area contributed by atoms with Gasteiger partial charge >= 0.3 is 0 Å². The minimum Gasteiger partial charge on any atom is -0.459 e. The van der Waals surface area contributed by atoms with Gasteiger partial charge in [-0.1, -0.05) is 0 Å². The fourth-order valence-electron chi connectivity index (χ4n) is 3.94. The average molecular weight is 447 g/mol. The van der Waals surface area contributed by atoms with Crippen molar-refractivity contribution in [3.63, 3.8) is 0 Å². The van der Waals surface area contributed by atoms with Gasteiger partial charge in [-0.2, -0.15) is 4.31 Å². The van der Waals surface area contributed by atoms with Gasteiger partial charge in [-0.05, 0) is 56.3 Å². The molecule has 2 aliphatic rings. The van der Waals surface area contributed by atoms with Crippen molar-refractivity contribution >= 4 is 27.5 Å². The third-order valence-corrected chi connectivity index (χ3v) is 7.68. The lowest BCUT2D eigenvalue weighted by molar-refractivity contribution is -0.119. The number of sulfonamides is 1. The van der Waals surface area contributed by atoms with E-state index < -0.39 is 16.1 Å². The maximum absolute atomic E-state index is 12.8. The average Bonchev–Trinajstić information content (AvgIpc) is 3.46. The van der Waals surface area contributed by atoms with Crippen LogP contribution in [-0.2, 0) is 14.8 Å². The number of likely N-dealkylation sites (tertiary alicyclic amines) is 1. The predicted octanol–water partition coefficient (Wildman–Crippen LogP) is 1.46. The molecule has 2 saturated heterocycles. The number of hydrogen-bond acceptors (Lipinski definition) is 6. The van der Waals surface area contributed by atoms with Gasteiger partial charge in [0.15, 0.2) is 5.76 Å². The Hall–Kier alpha value is -2.69. The third kappa shape index (κ3) is 4.51. The highest BCUT2D eigenvalue weighted by molar-refractivity contribution is 7.89. The molecule has 2 aromatic rings. The summed E-state index contributed by atoms with van der Waals surface area (Å²) >= 11 is 0. The zero-order valence-corrected chi connectivity index (χ0v) is 18.2. The monoisotopic (exact) mass is 446 g/mol. The van der Waals surface area contributed by atoms with Crippen LogP contribution in [0.2, 0.25) is 0 Å². The number of carbonyl (C=O) groups is 2. The first-order chi connectivity index (χ1) is 14.9. The molecule has 0 bridgehead atoms. The molecule has 0 saturated carbocycles. The highest BCUT2D eigenvalue weighted by Crippen LogP contribution is 2.23. The molecule has 4 rings (SSSR count). The number of piperazine rings is 1. The number of nitrogens with zero attached hydrogens (tertiary/aromatic N) is 3. The molecule has 1 aromatic heterocycles. The van der Waals surface area contributed by atoms with Crippen LogP contribution in [0.25, 0.3) is 0 Å². The molecule has 10 heteroatoms. The van der Waals surface area contributed by atoms with Gasteiger partial charge in [0.05, 0.1) is 11.2 Å². The molecule has 0 spiro atoms. The summed E-state index contributed by atoms with van der Waals surface area (Å²) in [4.78, 5) is 29.2.